The molecule has 4 heterocycles. The van der Waals surface area contributed by atoms with Crippen molar-refractivity contribution in [3.05, 3.63) is 36.4 Å². The first-order valence-electron chi connectivity index (χ1n) is 7.94. The topological polar surface area (TPSA) is 83.9 Å². The van der Waals surface area contributed by atoms with Gasteiger partial charge in [0.2, 0.25) is 10.0 Å². The molecule has 3 aromatic rings. The van der Waals surface area contributed by atoms with E-state index in [1.807, 2.05) is 42.5 Å². The lowest BCUT2D eigenvalue weighted by Crippen LogP contribution is -2.51. The van der Waals surface area contributed by atoms with E-state index < -0.39 is 10.0 Å². The summed E-state index contributed by atoms with van der Waals surface area (Å²) >= 11 is 0. The van der Waals surface area contributed by atoms with Gasteiger partial charge in [-0.15, -0.1) is 0 Å². The van der Waals surface area contributed by atoms with Gasteiger partial charge in [-0.05, 0) is 25.5 Å². The second kappa shape index (κ2) is 5.42. The van der Waals surface area contributed by atoms with E-state index in [1.54, 1.807) is 6.92 Å². The number of aromatic amines is 1. The van der Waals surface area contributed by atoms with Crippen LogP contribution in [0.3, 0.4) is 0 Å². The van der Waals surface area contributed by atoms with Crippen molar-refractivity contribution in [2.75, 3.05) is 18.8 Å². The molecule has 0 atom stereocenters. The van der Waals surface area contributed by atoms with Gasteiger partial charge in [-0.2, -0.15) is 9.40 Å². The Morgan fingerprint density at radius 1 is 1.33 bits per heavy atom. The molecule has 8 heteroatoms. The van der Waals surface area contributed by atoms with Crippen LogP contribution in [0, 0.1) is 6.92 Å². The van der Waals surface area contributed by atoms with Crippen LogP contribution in [0.2, 0.25) is 0 Å². The predicted octanol–water partition coefficient (Wildman–Crippen LogP) is 1.94. The second-order valence-electron chi connectivity index (χ2n) is 6.14. The Balaban J connectivity index is 1.62. The van der Waals surface area contributed by atoms with Crippen LogP contribution in [0.4, 0.5) is 0 Å². The molecule has 1 aliphatic rings. The fraction of sp³-hybridized carbons (Fsp3) is 0.375. The molecule has 24 heavy (non-hydrogen) atoms. The molecule has 0 amide bonds. The maximum absolute atomic E-state index is 11.8. The minimum absolute atomic E-state index is 0.101. The van der Waals surface area contributed by atoms with Crippen molar-refractivity contribution in [3.8, 4) is 11.1 Å². The van der Waals surface area contributed by atoms with Crippen LogP contribution in [-0.2, 0) is 10.0 Å². The Morgan fingerprint density at radius 3 is 2.88 bits per heavy atom. The first kappa shape index (κ1) is 15.3. The number of hydrogen-bond donors (Lipinski definition) is 1. The number of nitrogens with zero attached hydrogens (tertiary/aromatic N) is 4. The highest BCUT2D eigenvalue weighted by atomic mass is 32.2. The smallest absolute Gasteiger partial charge is 0.213 e. The number of aryl methyl sites for hydroxylation is 1. The van der Waals surface area contributed by atoms with Crippen LogP contribution in [-0.4, -0.2) is 51.3 Å². The Morgan fingerprint density at radius 2 is 2.12 bits per heavy atom. The maximum Gasteiger partial charge on any atom is 0.213 e. The molecule has 3 aromatic heterocycles. The third-order valence-electron chi connectivity index (χ3n) is 4.63. The highest BCUT2D eigenvalue weighted by Gasteiger charge is 2.36. The van der Waals surface area contributed by atoms with Gasteiger partial charge in [-0.1, -0.05) is 0 Å². The van der Waals surface area contributed by atoms with Gasteiger partial charge in [0.05, 0.1) is 18.0 Å². The summed E-state index contributed by atoms with van der Waals surface area (Å²) in [4.78, 5) is 7.51. The Hall–Kier alpha value is -2.19. The Kier molecular flexibility index (Phi) is 3.47. The van der Waals surface area contributed by atoms with Crippen LogP contribution in [0.15, 0.2) is 30.9 Å². The SMILES string of the molecule is CCS(=O)(=O)N1CC(n2cc(-c3c(C)cnc4[nH]ccc34)cn2)C1. The molecule has 1 saturated heterocycles. The second-order valence-corrected chi connectivity index (χ2v) is 8.39. The van der Waals surface area contributed by atoms with E-state index in [0.717, 1.165) is 27.7 Å². The van der Waals surface area contributed by atoms with Crippen molar-refractivity contribution < 1.29 is 8.42 Å². The highest BCUT2D eigenvalue weighted by molar-refractivity contribution is 7.89. The van der Waals surface area contributed by atoms with Crippen molar-refractivity contribution in [2.24, 2.45) is 0 Å². The zero-order valence-electron chi connectivity index (χ0n) is 13.6. The quantitative estimate of drug-likeness (QED) is 0.783. The highest BCUT2D eigenvalue weighted by Crippen LogP contribution is 2.32. The summed E-state index contributed by atoms with van der Waals surface area (Å²) in [5.41, 5.74) is 4.08. The van der Waals surface area contributed by atoms with Crippen molar-refractivity contribution in [1.29, 1.82) is 0 Å². The molecule has 126 valence electrons. The van der Waals surface area contributed by atoms with Crippen molar-refractivity contribution in [3.63, 3.8) is 0 Å². The summed E-state index contributed by atoms with van der Waals surface area (Å²) in [6.07, 6.45) is 7.57. The van der Waals surface area contributed by atoms with Crippen LogP contribution < -0.4 is 0 Å². The van der Waals surface area contributed by atoms with E-state index in [2.05, 4.69) is 15.1 Å². The molecule has 0 bridgehead atoms. The zero-order valence-corrected chi connectivity index (χ0v) is 14.4. The minimum Gasteiger partial charge on any atom is -0.346 e. The molecule has 0 aromatic carbocycles. The molecular weight excluding hydrogens is 326 g/mol. The number of pyridine rings is 1. The normalized spacial score (nSPS) is 16.6. The molecule has 1 N–H and O–H groups in total. The lowest BCUT2D eigenvalue weighted by Gasteiger charge is -2.37. The minimum atomic E-state index is -3.10. The van der Waals surface area contributed by atoms with Crippen LogP contribution >= 0.6 is 0 Å². The number of rotatable bonds is 4. The lowest BCUT2D eigenvalue weighted by atomic mass is 10.0. The predicted molar refractivity (Wildman–Crippen MR) is 92.1 cm³/mol. The van der Waals surface area contributed by atoms with Gasteiger partial charge in [0.25, 0.3) is 0 Å². The van der Waals surface area contributed by atoms with Gasteiger partial charge in [0, 0.05) is 48.2 Å². The first-order valence-corrected chi connectivity index (χ1v) is 9.55. The van der Waals surface area contributed by atoms with Gasteiger partial charge in [0.15, 0.2) is 0 Å². The zero-order chi connectivity index (χ0) is 16.9. The number of fused-ring (bicyclic) bond motifs is 1. The summed E-state index contributed by atoms with van der Waals surface area (Å²) in [6, 6.07) is 2.12. The molecule has 1 aliphatic heterocycles. The van der Waals surface area contributed by atoms with Gasteiger partial charge < -0.3 is 4.98 Å². The molecule has 0 unspecified atom stereocenters. The number of H-pyrrole nitrogens is 1. The molecule has 7 nitrogen and oxygen atoms in total. The Bertz CT molecular complexity index is 999. The number of hydrogen-bond acceptors (Lipinski definition) is 4. The summed E-state index contributed by atoms with van der Waals surface area (Å²) in [7, 11) is -3.10. The van der Waals surface area contributed by atoms with Crippen LogP contribution in [0.1, 0.15) is 18.5 Å². The van der Waals surface area contributed by atoms with E-state index in [1.165, 1.54) is 4.31 Å². The van der Waals surface area contributed by atoms with Gasteiger partial charge in [0.1, 0.15) is 5.65 Å². The van der Waals surface area contributed by atoms with E-state index in [-0.39, 0.29) is 11.8 Å². The van der Waals surface area contributed by atoms with E-state index in [9.17, 15) is 8.42 Å². The molecule has 4 rings (SSSR count). The number of nitrogens with one attached hydrogen (secondary N) is 1. The summed E-state index contributed by atoms with van der Waals surface area (Å²) in [5, 5.41) is 5.52. The molecular formula is C16H19N5O2S. The van der Waals surface area contributed by atoms with Crippen molar-refractivity contribution >= 4 is 21.1 Å². The maximum atomic E-state index is 11.8. The van der Waals surface area contributed by atoms with E-state index in [0.29, 0.717) is 13.1 Å². The molecule has 0 aliphatic carbocycles. The summed E-state index contributed by atoms with van der Waals surface area (Å²) < 4.78 is 27.1. The molecule has 0 spiro atoms. The standard InChI is InChI=1S/C16H19N5O2S/c1-3-24(22,23)20-9-13(10-20)21-8-12(7-19-21)15-11(2)6-18-16-14(15)4-5-17-16/h4-8,13H,3,9-10H2,1-2H3,(H,17,18). The third-order valence-corrected chi connectivity index (χ3v) is 6.44. The van der Waals surface area contributed by atoms with Gasteiger partial charge in [-0.3, -0.25) is 4.68 Å². The van der Waals surface area contributed by atoms with Gasteiger partial charge in [-0.25, -0.2) is 13.4 Å². The molecule has 1 fully saturated rings. The summed E-state index contributed by atoms with van der Waals surface area (Å²) in [6.45, 7) is 4.69. The van der Waals surface area contributed by atoms with Crippen molar-refractivity contribution in [1.82, 2.24) is 24.1 Å². The lowest BCUT2D eigenvalue weighted by molar-refractivity contribution is 0.191. The third kappa shape index (κ3) is 2.33. The van der Waals surface area contributed by atoms with Crippen molar-refractivity contribution in [2.45, 2.75) is 19.9 Å². The molecule has 0 saturated carbocycles. The number of aromatic nitrogens is 4. The first-order chi connectivity index (χ1) is 11.5. The van der Waals surface area contributed by atoms with E-state index in [4.69, 9.17) is 0 Å². The average molecular weight is 345 g/mol. The Labute approximate surface area is 140 Å². The van der Waals surface area contributed by atoms with Gasteiger partial charge >= 0.3 is 0 Å². The number of sulfonamides is 1. The molecule has 0 radical (unpaired) electrons. The average Bonchev–Trinajstić information content (AvgIpc) is 3.14. The fourth-order valence-electron chi connectivity index (χ4n) is 3.15. The van der Waals surface area contributed by atoms with Crippen LogP contribution in [0.5, 0.6) is 0 Å². The van der Waals surface area contributed by atoms with E-state index >= 15 is 0 Å². The summed E-state index contributed by atoms with van der Waals surface area (Å²) in [5.74, 6) is 0.145. The largest absolute Gasteiger partial charge is 0.346 e. The monoisotopic (exact) mass is 345 g/mol. The van der Waals surface area contributed by atoms with Crippen LogP contribution in [0.25, 0.3) is 22.2 Å². The fourth-order valence-corrected chi connectivity index (χ4v) is 4.31.